The first-order valence-electron chi connectivity index (χ1n) is 2.08. The molecule has 0 amide bonds. The molecule has 0 aliphatic rings. The molecule has 2 N–H and O–H groups in total. The molecule has 0 aliphatic heterocycles. The van der Waals surface area contributed by atoms with Crippen molar-refractivity contribution in [2.24, 2.45) is 0 Å². The fraction of sp³-hybridized carbons (Fsp3) is 1.00. The third-order valence-corrected chi connectivity index (χ3v) is 5.26. The zero-order chi connectivity index (χ0) is 8.58. The molecule has 0 aromatic rings. The van der Waals surface area contributed by atoms with Crippen molar-refractivity contribution in [1.29, 1.82) is 0 Å². The molecule has 0 saturated heterocycles. The van der Waals surface area contributed by atoms with E-state index in [2.05, 4.69) is 11.2 Å². The van der Waals surface area contributed by atoms with Crippen LogP contribution >= 0.6 is 0 Å². The summed E-state index contributed by atoms with van der Waals surface area (Å²) in [4.78, 5) is 0. The maximum Gasteiger partial charge on any atom is 0.282 e. The Kier molecular flexibility index (Phi) is 2.77. The summed E-state index contributed by atoms with van der Waals surface area (Å²) in [6.45, 7) is 0.866. The van der Waals surface area contributed by atoms with Crippen LogP contribution < -0.4 is 0 Å². The van der Waals surface area contributed by atoms with E-state index in [9.17, 15) is 12.6 Å². The van der Waals surface area contributed by atoms with Gasteiger partial charge in [0.2, 0.25) is 0 Å². The fourth-order valence-electron chi connectivity index (χ4n) is 0.154. The van der Waals surface area contributed by atoms with E-state index in [1.165, 1.54) is 0 Å². The van der Waals surface area contributed by atoms with Crippen molar-refractivity contribution in [3.05, 3.63) is 0 Å². The Labute approximate surface area is 63.7 Å². The molecule has 8 heteroatoms. The Bertz CT molecular complexity index is 264. The Hall–Kier alpha value is 0.240. The molecule has 0 aromatic heterocycles. The summed E-state index contributed by atoms with van der Waals surface area (Å²) in [5, 5.41) is 0. The van der Waals surface area contributed by atoms with Crippen molar-refractivity contribution in [3.8, 4) is 0 Å². The zero-order valence-corrected chi connectivity index (χ0v) is 7.37. The highest BCUT2D eigenvalue weighted by Gasteiger charge is 2.26. The Morgan fingerprint density at radius 3 is 1.60 bits per heavy atom. The predicted molar refractivity (Wildman–Crippen MR) is 39.1 cm³/mol. The lowest BCUT2D eigenvalue weighted by molar-refractivity contribution is 0.476. The normalized spacial score (nSPS) is 21.5. The van der Waals surface area contributed by atoms with Gasteiger partial charge in [0.1, 0.15) is 0 Å². The first kappa shape index (κ1) is 10.2. The smallest absolute Gasteiger partial charge is 0.282 e. The second-order valence-electron chi connectivity index (χ2n) is 1.60. The third-order valence-electron chi connectivity index (χ3n) is 0.839. The van der Waals surface area contributed by atoms with Gasteiger partial charge in [-0.15, -0.1) is 0 Å². The van der Waals surface area contributed by atoms with Gasteiger partial charge in [0.05, 0.1) is 0 Å². The molecule has 2 atom stereocenters. The van der Waals surface area contributed by atoms with Gasteiger partial charge in [-0.2, -0.15) is 8.42 Å². The molecule has 0 aliphatic carbocycles. The van der Waals surface area contributed by atoms with Gasteiger partial charge in [-0.25, -0.2) is 4.21 Å². The molecule has 62 valence electrons. The van der Waals surface area contributed by atoms with Crippen LogP contribution in [0.3, 0.4) is 0 Å². The molecule has 5 nitrogen and oxygen atoms in total. The van der Waals surface area contributed by atoms with Gasteiger partial charge in [-0.05, 0) is 6.92 Å². The van der Waals surface area contributed by atoms with E-state index >= 15 is 0 Å². The third kappa shape index (κ3) is 2.88. The van der Waals surface area contributed by atoms with Crippen molar-refractivity contribution in [2.45, 2.75) is 11.5 Å². The summed E-state index contributed by atoms with van der Waals surface area (Å²) < 4.78 is 45.4. The Balaban J connectivity index is 4.94. The summed E-state index contributed by atoms with van der Waals surface area (Å²) in [6.07, 6.45) is 0. The molecule has 0 aromatic carbocycles. The molecule has 2 unspecified atom stereocenters. The average Bonchev–Trinajstić information content (AvgIpc) is 1.59. The van der Waals surface area contributed by atoms with Crippen molar-refractivity contribution in [2.75, 3.05) is 0 Å². The summed E-state index contributed by atoms with van der Waals surface area (Å²) >= 11 is 3.90. The van der Waals surface area contributed by atoms with Crippen LogP contribution in [0.25, 0.3) is 0 Å². The first-order valence-corrected chi connectivity index (χ1v) is 6.09. The summed E-state index contributed by atoms with van der Waals surface area (Å²) in [7, 11) is -8.36. The van der Waals surface area contributed by atoms with Crippen molar-refractivity contribution in [1.82, 2.24) is 0 Å². The molecule has 0 saturated carbocycles. The molecule has 0 radical (unpaired) electrons. The second kappa shape index (κ2) is 2.70. The fourth-order valence-corrected chi connectivity index (χ4v) is 2.28. The van der Waals surface area contributed by atoms with Gasteiger partial charge in [0.15, 0.2) is 13.4 Å². The standard InChI is InChI=1S/C2H6O5S3/c1-2(9(3,4)5)10(6,7)8/h2H,1H3,(H,3,4,5)(H,6,7,8). The van der Waals surface area contributed by atoms with Gasteiger partial charge in [0.25, 0.3) is 10.1 Å². The predicted octanol–water partition coefficient (Wildman–Crippen LogP) is -0.560. The second-order valence-corrected chi connectivity index (χ2v) is 6.80. The number of rotatable bonds is 2. The quantitative estimate of drug-likeness (QED) is 0.588. The molecule has 0 spiro atoms. The minimum Gasteiger partial charge on any atom is -0.305 e. The highest BCUT2D eigenvalue weighted by atomic mass is 32.8. The maximum atomic E-state index is 10.4. The number of hydrogen-bond acceptors (Lipinski definition) is 4. The SMILES string of the molecule is CC(S(=O)(=O)O)S(=O)(O)=S. The molecule has 0 rings (SSSR count). The summed E-state index contributed by atoms with van der Waals surface area (Å²) in [6, 6.07) is 0. The summed E-state index contributed by atoms with van der Waals surface area (Å²) in [5.74, 6) is 0. The molecule has 10 heavy (non-hydrogen) atoms. The highest BCUT2D eigenvalue weighted by Crippen LogP contribution is 2.04. The van der Waals surface area contributed by atoms with Crippen LogP contribution in [0.15, 0.2) is 0 Å². The van der Waals surface area contributed by atoms with Crippen LogP contribution in [0.4, 0.5) is 0 Å². The van der Waals surface area contributed by atoms with Crippen LogP contribution in [0, 0.1) is 0 Å². The first-order chi connectivity index (χ1) is 4.15. The van der Waals surface area contributed by atoms with Gasteiger partial charge in [-0.3, -0.25) is 4.55 Å². The molecule has 0 heterocycles. The minimum absolute atomic E-state index is 0.866. The van der Waals surface area contributed by atoms with Crippen molar-refractivity contribution >= 4 is 30.1 Å². The van der Waals surface area contributed by atoms with Gasteiger partial charge >= 0.3 is 0 Å². The van der Waals surface area contributed by atoms with E-state index < -0.39 is 23.5 Å². The largest absolute Gasteiger partial charge is 0.305 e. The number of hydrogen-bond donors (Lipinski definition) is 2. The van der Waals surface area contributed by atoms with Crippen LogP contribution in [0.2, 0.25) is 0 Å². The van der Waals surface area contributed by atoms with Crippen LogP contribution in [0.5, 0.6) is 0 Å². The van der Waals surface area contributed by atoms with E-state index in [1.54, 1.807) is 0 Å². The molecular formula is C2H6O5S3. The van der Waals surface area contributed by atoms with E-state index in [4.69, 9.17) is 9.11 Å². The minimum atomic E-state index is -4.49. The lowest BCUT2D eigenvalue weighted by Crippen LogP contribution is -2.25. The van der Waals surface area contributed by atoms with Crippen LogP contribution in [-0.2, 0) is 30.1 Å². The van der Waals surface area contributed by atoms with Gasteiger partial charge in [-0.1, -0.05) is 0 Å². The van der Waals surface area contributed by atoms with Gasteiger partial charge in [0, 0.05) is 11.2 Å². The van der Waals surface area contributed by atoms with Crippen LogP contribution in [-0.4, -0.2) is 26.3 Å². The van der Waals surface area contributed by atoms with E-state index in [-0.39, 0.29) is 0 Å². The lowest BCUT2D eigenvalue weighted by atomic mass is 11.0. The molecule has 0 bridgehead atoms. The highest BCUT2D eigenvalue weighted by molar-refractivity contribution is 8.33. The molecule has 0 fully saturated rings. The lowest BCUT2D eigenvalue weighted by Gasteiger charge is -2.04. The molecular weight excluding hydrogens is 200 g/mol. The summed E-state index contributed by atoms with van der Waals surface area (Å²) in [5.41, 5.74) is 0. The maximum absolute atomic E-state index is 10.4. The average molecular weight is 206 g/mol. The van der Waals surface area contributed by atoms with Crippen molar-refractivity contribution < 1.29 is 21.7 Å². The van der Waals surface area contributed by atoms with Gasteiger partial charge < -0.3 is 4.55 Å². The monoisotopic (exact) mass is 206 g/mol. The van der Waals surface area contributed by atoms with E-state index in [1.807, 2.05) is 0 Å². The Morgan fingerprint density at radius 1 is 1.30 bits per heavy atom. The van der Waals surface area contributed by atoms with Crippen molar-refractivity contribution in [3.63, 3.8) is 0 Å². The van der Waals surface area contributed by atoms with Crippen LogP contribution in [0.1, 0.15) is 6.92 Å². The van der Waals surface area contributed by atoms with E-state index in [0.717, 1.165) is 6.92 Å². The zero-order valence-electron chi connectivity index (χ0n) is 4.92. The topological polar surface area (TPSA) is 91.7 Å². The van der Waals surface area contributed by atoms with E-state index in [0.29, 0.717) is 0 Å². The Morgan fingerprint density at radius 2 is 1.60 bits per heavy atom.